The third-order valence-corrected chi connectivity index (χ3v) is 6.81. The highest BCUT2D eigenvalue weighted by Gasteiger charge is 2.53. The number of fused-ring (bicyclic) bond motifs is 1. The van der Waals surface area contributed by atoms with Gasteiger partial charge in [-0.05, 0) is 25.7 Å². The van der Waals surface area contributed by atoms with Crippen LogP contribution in [-0.4, -0.2) is 66.0 Å². The molecule has 2 unspecified atom stereocenters. The first-order valence-electron chi connectivity index (χ1n) is 10.3. The molecule has 1 amide bonds. The summed E-state index contributed by atoms with van der Waals surface area (Å²) in [6.07, 6.45) is 3.70. The number of quaternary nitrogens is 1. The van der Waals surface area contributed by atoms with E-state index in [0.29, 0.717) is 13.1 Å². The smallest absolute Gasteiger partial charge is 0.349 e. The highest BCUT2D eigenvalue weighted by Crippen LogP contribution is 2.36. The van der Waals surface area contributed by atoms with E-state index >= 15 is 0 Å². The van der Waals surface area contributed by atoms with Gasteiger partial charge in [-0.15, -0.1) is 0 Å². The fraction of sp³-hybridized carbons (Fsp3) is 0.455. The molecule has 1 N–H and O–H groups in total. The van der Waals surface area contributed by atoms with Gasteiger partial charge >= 0.3 is 5.91 Å². The minimum absolute atomic E-state index is 0.0281. The second kappa shape index (κ2) is 7.02. The fourth-order valence-corrected chi connectivity index (χ4v) is 5.17. The average Bonchev–Trinajstić information content (AvgIpc) is 3.31. The molecular formula is C22H22N2O6. The molecule has 0 bridgehead atoms. The number of nitrogens with one attached hydrogen (secondary N) is 1. The van der Waals surface area contributed by atoms with E-state index in [2.05, 4.69) is 0 Å². The summed E-state index contributed by atoms with van der Waals surface area (Å²) in [5.41, 5.74) is -0.498. The van der Waals surface area contributed by atoms with Crippen LogP contribution in [0, 0.1) is 5.21 Å². The second-order valence-electron chi connectivity index (χ2n) is 8.50. The number of nitrogens with zero attached hydrogens (tertiary/aromatic N) is 1. The molecule has 0 aromatic heterocycles. The van der Waals surface area contributed by atoms with Crippen molar-refractivity contribution in [2.24, 2.45) is 0 Å². The van der Waals surface area contributed by atoms with Crippen molar-refractivity contribution in [1.82, 2.24) is 4.90 Å². The van der Waals surface area contributed by atoms with Gasteiger partial charge in [-0.1, -0.05) is 24.3 Å². The van der Waals surface area contributed by atoms with E-state index in [0.717, 1.165) is 32.3 Å². The SMILES string of the molecule is O=C1C2=C(C(=O)c3ccccc31)C(C(=O)CN1CCC3(CCCO3)CC1)[NH+]([O-])C2=O. The maximum absolute atomic E-state index is 13.1. The van der Waals surface area contributed by atoms with Crippen molar-refractivity contribution >= 4 is 23.3 Å². The summed E-state index contributed by atoms with van der Waals surface area (Å²) in [7, 11) is 0. The van der Waals surface area contributed by atoms with E-state index in [-0.39, 0.29) is 28.8 Å². The van der Waals surface area contributed by atoms with E-state index in [1.54, 1.807) is 12.1 Å². The number of carbonyl (C=O) groups is 4. The number of ketones is 3. The molecule has 1 aliphatic carbocycles. The molecule has 1 aromatic carbocycles. The van der Waals surface area contributed by atoms with Gasteiger partial charge in [0.25, 0.3) is 0 Å². The summed E-state index contributed by atoms with van der Waals surface area (Å²) in [5.74, 6) is -2.74. The van der Waals surface area contributed by atoms with Crippen molar-refractivity contribution in [2.75, 3.05) is 26.2 Å². The lowest BCUT2D eigenvalue weighted by atomic mass is 9.82. The number of hydrogen-bond donors (Lipinski definition) is 1. The number of hydroxylamine groups is 2. The zero-order valence-corrected chi connectivity index (χ0v) is 16.4. The van der Waals surface area contributed by atoms with Crippen molar-refractivity contribution in [3.63, 3.8) is 0 Å². The number of benzene rings is 1. The number of amides is 1. The molecule has 1 spiro atoms. The lowest BCUT2D eigenvalue weighted by Gasteiger charge is -2.38. The molecule has 8 nitrogen and oxygen atoms in total. The van der Waals surface area contributed by atoms with Crippen LogP contribution in [0.25, 0.3) is 0 Å². The molecule has 156 valence electrons. The van der Waals surface area contributed by atoms with Crippen LogP contribution in [0.4, 0.5) is 0 Å². The van der Waals surface area contributed by atoms with Gasteiger partial charge < -0.3 is 9.94 Å². The summed E-state index contributed by atoms with van der Waals surface area (Å²) in [6, 6.07) is 4.67. The minimum atomic E-state index is -1.48. The normalized spacial score (nSPS) is 28.2. The molecule has 2 saturated heterocycles. The zero-order valence-electron chi connectivity index (χ0n) is 16.4. The first-order valence-corrected chi connectivity index (χ1v) is 10.3. The standard InChI is InChI=1S/C22H22N2O6/c25-15(12-23-9-7-22(8-10-23)6-3-11-30-22)18-16-17(21(28)24(18)29)20(27)14-5-2-1-4-13(14)19(16)26/h1-2,4-5,18,24H,3,6-12H2. The monoisotopic (exact) mass is 410 g/mol. The second-order valence-corrected chi connectivity index (χ2v) is 8.50. The molecular weight excluding hydrogens is 388 g/mol. The van der Waals surface area contributed by atoms with E-state index in [1.165, 1.54) is 12.1 Å². The molecule has 0 radical (unpaired) electrons. The van der Waals surface area contributed by atoms with Crippen LogP contribution in [0.5, 0.6) is 0 Å². The van der Waals surface area contributed by atoms with Crippen molar-refractivity contribution in [3.05, 3.63) is 51.7 Å². The van der Waals surface area contributed by atoms with Crippen LogP contribution in [0.1, 0.15) is 46.4 Å². The summed E-state index contributed by atoms with van der Waals surface area (Å²) < 4.78 is 5.90. The van der Waals surface area contributed by atoms with Crippen molar-refractivity contribution in [3.8, 4) is 0 Å². The van der Waals surface area contributed by atoms with Gasteiger partial charge in [-0.25, -0.2) is 4.79 Å². The molecule has 2 atom stereocenters. The molecule has 8 heteroatoms. The Morgan fingerprint density at radius 3 is 2.40 bits per heavy atom. The van der Waals surface area contributed by atoms with Gasteiger partial charge in [0.05, 0.1) is 17.7 Å². The Morgan fingerprint density at radius 2 is 1.77 bits per heavy atom. The highest BCUT2D eigenvalue weighted by atomic mass is 16.5. The van der Waals surface area contributed by atoms with Crippen molar-refractivity contribution < 1.29 is 29.0 Å². The van der Waals surface area contributed by atoms with Gasteiger partial charge in [-0.3, -0.25) is 24.3 Å². The van der Waals surface area contributed by atoms with Gasteiger partial charge in [0.1, 0.15) is 5.57 Å². The van der Waals surface area contributed by atoms with Crippen LogP contribution >= 0.6 is 0 Å². The minimum Gasteiger partial charge on any atom is -0.626 e. The Kier molecular flexibility index (Phi) is 4.55. The lowest BCUT2D eigenvalue weighted by Crippen LogP contribution is -3.13. The Balaban J connectivity index is 1.38. The molecule has 0 saturated carbocycles. The third kappa shape index (κ3) is 2.83. The Labute approximate surface area is 173 Å². The molecule has 4 aliphatic rings. The third-order valence-electron chi connectivity index (χ3n) is 6.81. The molecule has 5 rings (SSSR count). The van der Waals surface area contributed by atoms with Crippen LogP contribution in [0.2, 0.25) is 0 Å². The number of rotatable bonds is 3. The zero-order chi connectivity index (χ0) is 21.0. The predicted molar refractivity (Wildman–Crippen MR) is 104 cm³/mol. The van der Waals surface area contributed by atoms with Crippen molar-refractivity contribution in [1.29, 1.82) is 0 Å². The number of ether oxygens (including phenoxy) is 1. The maximum Gasteiger partial charge on any atom is 0.349 e. The Hall–Kier alpha value is -2.52. The van der Waals surface area contributed by atoms with Gasteiger partial charge in [0, 0.05) is 30.8 Å². The van der Waals surface area contributed by atoms with Gasteiger partial charge in [-0.2, -0.15) is 0 Å². The van der Waals surface area contributed by atoms with E-state index in [1.807, 2.05) is 4.90 Å². The van der Waals surface area contributed by atoms with Crippen molar-refractivity contribution in [2.45, 2.75) is 37.3 Å². The van der Waals surface area contributed by atoms with E-state index in [4.69, 9.17) is 4.74 Å². The molecule has 3 aliphatic heterocycles. The number of piperidine rings is 1. The first-order chi connectivity index (χ1) is 14.4. The largest absolute Gasteiger partial charge is 0.626 e. The van der Waals surface area contributed by atoms with Crippen LogP contribution in [0.3, 0.4) is 0 Å². The van der Waals surface area contributed by atoms with Crippen LogP contribution < -0.4 is 5.06 Å². The van der Waals surface area contributed by atoms with Gasteiger partial charge in [0.2, 0.25) is 11.6 Å². The maximum atomic E-state index is 13.1. The summed E-state index contributed by atoms with van der Waals surface area (Å²) in [5, 5.41) is 11.7. The topological polar surface area (TPSA) is 108 Å². The average molecular weight is 410 g/mol. The summed E-state index contributed by atoms with van der Waals surface area (Å²) in [6.45, 7) is 2.05. The van der Waals surface area contributed by atoms with E-state index < -0.39 is 39.9 Å². The Morgan fingerprint density at radius 1 is 1.10 bits per heavy atom. The van der Waals surface area contributed by atoms with E-state index in [9.17, 15) is 24.4 Å². The number of Topliss-reactive ketones (excluding diaryl/α,β-unsaturated/α-hetero) is 3. The number of carbonyl (C=O) groups excluding carboxylic acids is 4. The predicted octanol–water partition coefficient (Wildman–Crippen LogP) is -0.132. The fourth-order valence-electron chi connectivity index (χ4n) is 5.17. The Bertz CT molecular complexity index is 997. The lowest BCUT2D eigenvalue weighted by molar-refractivity contribution is -0.769. The first kappa shape index (κ1) is 19.4. The molecule has 2 fully saturated rings. The van der Waals surface area contributed by atoms with Crippen LogP contribution in [0.15, 0.2) is 35.4 Å². The molecule has 3 heterocycles. The quantitative estimate of drug-likeness (QED) is 0.546. The van der Waals surface area contributed by atoms with Gasteiger partial charge in [0.15, 0.2) is 11.8 Å². The summed E-state index contributed by atoms with van der Waals surface area (Å²) in [4.78, 5) is 53.3. The number of likely N-dealkylation sites (tertiary alicyclic amines) is 1. The van der Waals surface area contributed by atoms with Crippen LogP contribution in [-0.2, 0) is 14.3 Å². The molecule has 30 heavy (non-hydrogen) atoms. The summed E-state index contributed by atoms with van der Waals surface area (Å²) >= 11 is 0. The highest BCUT2D eigenvalue weighted by molar-refractivity contribution is 6.37. The number of hydrogen-bond acceptors (Lipinski definition) is 7. The molecule has 1 aromatic rings.